The third kappa shape index (κ3) is 3.49. The normalized spacial score (nSPS) is 10.9. The average molecular weight is 394 g/mol. The smallest absolute Gasteiger partial charge is 0.190 e. The molecular weight excluding hydrogens is 378 g/mol. The van der Waals surface area contributed by atoms with Gasteiger partial charge in [0.25, 0.3) is 0 Å². The molecule has 29 heavy (non-hydrogen) atoms. The Morgan fingerprint density at radius 2 is 1.97 bits per heavy atom. The van der Waals surface area contributed by atoms with Crippen molar-refractivity contribution in [2.75, 3.05) is 12.3 Å². The predicted octanol–water partition coefficient (Wildman–Crippen LogP) is 3.65. The van der Waals surface area contributed by atoms with Crippen LogP contribution in [0.1, 0.15) is 6.92 Å². The number of anilines is 1. The quantitative estimate of drug-likeness (QED) is 0.556. The molecule has 7 nitrogen and oxygen atoms in total. The van der Waals surface area contributed by atoms with E-state index in [0.29, 0.717) is 18.1 Å². The van der Waals surface area contributed by atoms with E-state index in [1.54, 1.807) is 0 Å². The fourth-order valence-electron chi connectivity index (χ4n) is 2.87. The highest BCUT2D eigenvalue weighted by Crippen LogP contribution is 2.28. The Hall–Kier alpha value is -3.88. The number of benzene rings is 2. The van der Waals surface area contributed by atoms with Gasteiger partial charge in [0.1, 0.15) is 12.1 Å². The predicted molar refractivity (Wildman–Crippen MR) is 103 cm³/mol. The molecule has 2 N–H and O–H groups in total. The molecular formula is C20H16F2N6O. The minimum absolute atomic E-state index is 0.0602. The molecule has 0 aliphatic rings. The summed E-state index contributed by atoms with van der Waals surface area (Å²) < 4.78 is 34.8. The number of hydrogen-bond donors (Lipinski definition) is 1. The summed E-state index contributed by atoms with van der Waals surface area (Å²) in [5, 5.41) is 7.80. The van der Waals surface area contributed by atoms with Gasteiger partial charge in [-0.2, -0.15) is 0 Å². The standard InChI is InChI=1S/C20H16F2N6O/c1-2-29-13-6-3-5-12(9-13)15-10-24-19(23)18(26-15)20-27-25-11-28(20)16-8-4-7-14(21)17(16)22/h3-11H,2H2,1H3,(H2,23,24). The first-order chi connectivity index (χ1) is 14.1. The lowest BCUT2D eigenvalue weighted by molar-refractivity contribution is 0.340. The third-order valence-corrected chi connectivity index (χ3v) is 4.19. The number of ether oxygens (including phenoxy) is 1. The number of aromatic nitrogens is 5. The van der Waals surface area contributed by atoms with Gasteiger partial charge < -0.3 is 10.5 Å². The zero-order valence-electron chi connectivity index (χ0n) is 15.4. The van der Waals surface area contributed by atoms with Gasteiger partial charge in [-0.3, -0.25) is 4.57 Å². The van der Waals surface area contributed by atoms with Crippen LogP contribution in [0.3, 0.4) is 0 Å². The van der Waals surface area contributed by atoms with Crippen LogP contribution in [0.2, 0.25) is 0 Å². The van der Waals surface area contributed by atoms with Gasteiger partial charge in [-0.1, -0.05) is 18.2 Å². The summed E-state index contributed by atoms with van der Waals surface area (Å²) in [4.78, 5) is 8.73. The molecule has 0 spiro atoms. The van der Waals surface area contributed by atoms with Gasteiger partial charge in [-0.15, -0.1) is 10.2 Å². The van der Waals surface area contributed by atoms with Gasteiger partial charge in [-0.05, 0) is 31.2 Å². The fourth-order valence-corrected chi connectivity index (χ4v) is 2.87. The minimum atomic E-state index is -1.03. The highest BCUT2D eigenvalue weighted by Gasteiger charge is 2.19. The average Bonchev–Trinajstić information content (AvgIpc) is 3.20. The molecule has 0 fully saturated rings. The van der Waals surface area contributed by atoms with Crippen molar-refractivity contribution >= 4 is 5.82 Å². The molecule has 0 saturated heterocycles. The summed E-state index contributed by atoms with van der Waals surface area (Å²) in [7, 11) is 0. The van der Waals surface area contributed by atoms with Crippen molar-refractivity contribution < 1.29 is 13.5 Å². The molecule has 0 aliphatic carbocycles. The molecule has 0 saturated carbocycles. The van der Waals surface area contributed by atoms with Crippen molar-refractivity contribution in [1.29, 1.82) is 0 Å². The fraction of sp³-hybridized carbons (Fsp3) is 0.100. The summed E-state index contributed by atoms with van der Waals surface area (Å²) in [6, 6.07) is 11.2. The molecule has 2 aromatic carbocycles. The monoisotopic (exact) mass is 394 g/mol. The molecule has 4 aromatic rings. The van der Waals surface area contributed by atoms with Crippen LogP contribution >= 0.6 is 0 Å². The number of halogens is 2. The molecule has 9 heteroatoms. The molecule has 0 unspecified atom stereocenters. The van der Waals surface area contributed by atoms with Crippen molar-refractivity contribution in [2.24, 2.45) is 0 Å². The molecule has 146 valence electrons. The van der Waals surface area contributed by atoms with E-state index in [0.717, 1.165) is 11.6 Å². The van der Waals surface area contributed by atoms with Crippen LogP contribution in [0, 0.1) is 11.6 Å². The lowest BCUT2D eigenvalue weighted by atomic mass is 10.1. The van der Waals surface area contributed by atoms with E-state index < -0.39 is 11.6 Å². The van der Waals surface area contributed by atoms with Gasteiger partial charge in [0.15, 0.2) is 29.0 Å². The van der Waals surface area contributed by atoms with Crippen LogP contribution in [0.15, 0.2) is 55.0 Å². The second-order valence-corrected chi connectivity index (χ2v) is 6.05. The summed E-state index contributed by atoms with van der Waals surface area (Å²) >= 11 is 0. The van der Waals surface area contributed by atoms with Crippen molar-refractivity contribution in [1.82, 2.24) is 24.7 Å². The van der Waals surface area contributed by atoms with Crippen LogP contribution < -0.4 is 10.5 Å². The Morgan fingerprint density at radius 1 is 1.14 bits per heavy atom. The van der Waals surface area contributed by atoms with E-state index in [1.807, 2.05) is 31.2 Å². The van der Waals surface area contributed by atoms with Crippen molar-refractivity contribution in [3.8, 4) is 34.2 Å². The highest BCUT2D eigenvalue weighted by molar-refractivity contribution is 5.70. The number of nitrogens with zero attached hydrogens (tertiary/aromatic N) is 5. The molecule has 4 rings (SSSR count). The van der Waals surface area contributed by atoms with Gasteiger partial charge >= 0.3 is 0 Å². The summed E-state index contributed by atoms with van der Waals surface area (Å²) in [6.07, 6.45) is 2.78. The van der Waals surface area contributed by atoms with Crippen LogP contribution in [-0.2, 0) is 0 Å². The Bertz CT molecular complexity index is 1180. The molecule has 0 radical (unpaired) electrons. The number of rotatable bonds is 5. The topological polar surface area (TPSA) is 91.7 Å². The van der Waals surface area contributed by atoms with E-state index in [2.05, 4.69) is 20.2 Å². The van der Waals surface area contributed by atoms with E-state index in [9.17, 15) is 8.78 Å². The molecule has 2 heterocycles. The minimum Gasteiger partial charge on any atom is -0.494 e. The maximum absolute atomic E-state index is 14.3. The van der Waals surface area contributed by atoms with Crippen LogP contribution in [0.4, 0.5) is 14.6 Å². The van der Waals surface area contributed by atoms with E-state index >= 15 is 0 Å². The Kier molecular flexibility index (Phi) is 4.86. The third-order valence-electron chi connectivity index (χ3n) is 4.19. The van der Waals surface area contributed by atoms with Crippen LogP contribution in [0.5, 0.6) is 5.75 Å². The largest absolute Gasteiger partial charge is 0.494 e. The first-order valence-corrected chi connectivity index (χ1v) is 8.79. The maximum Gasteiger partial charge on any atom is 0.190 e. The second-order valence-electron chi connectivity index (χ2n) is 6.05. The zero-order chi connectivity index (χ0) is 20.4. The van der Waals surface area contributed by atoms with Crippen LogP contribution in [-0.4, -0.2) is 31.3 Å². The summed E-state index contributed by atoms with van der Waals surface area (Å²) in [6.45, 7) is 2.43. The van der Waals surface area contributed by atoms with Crippen molar-refractivity contribution in [3.63, 3.8) is 0 Å². The maximum atomic E-state index is 14.3. The molecule has 2 aromatic heterocycles. The summed E-state index contributed by atoms with van der Waals surface area (Å²) in [5.74, 6) is -1.10. The highest BCUT2D eigenvalue weighted by atomic mass is 19.2. The molecule has 0 amide bonds. The lowest BCUT2D eigenvalue weighted by Gasteiger charge is -2.11. The van der Waals surface area contributed by atoms with Crippen molar-refractivity contribution in [2.45, 2.75) is 6.92 Å². The summed E-state index contributed by atoms with van der Waals surface area (Å²) in [5.41, 5.74) is 7.42. The first kappa shape index (κ1) is 18.5. The van der Waals surface area contributed by atoms with Gasteiger partial charge in [0.05, 0.1) is 24.2 Å². The Morgan fingerprint density at radius 3 is 2.79 bits per heavy atom. The molecule has 0 bridgehead atoms. The zero-order valence-corrected chi connectivity index (χ0v) is 15.4. The van der Waals surface area contributed by atoms with E-state index in [-0.39, 0.29) is 23.0 Å². The van der Waals surface area contributed by atoms with E-state index in [4.69, 9.17) is 10.5 Å². The first-order valence-electron chi connectivity index (χ1n) is 8.79. The van der Waals surface area contributed by atoms with Gasteiger partial charge in [-0.25, -0.2) is 18.7 Å². The molecule has 0 atom stereocenters. The molecule has 0 aliphatic heterocycles. The Balaban J connectivity index is 1.82. The van der Waals surface area contributed by atoms with Gasteiger partial charge in [0, 0.05) is 5.56 Å². The number of nitrogens with two attached hydrogens (primary N) is 1. The number of hydrogen-bond acceptors (Lipinski definition) is 6. The van der Waals surface area contributed by atoms with Crippen molar-refractivity contribution in [3.05, 3.63) is 66.6 Å². The number of nitrogen functional groups attached to an aromatic ring is 1. The van der Waals surface area contributed by atoms with Gasteiger partial charge in [0.2, 0.25) is 0 Å². The van der Waals surface area contributed by atoms with E-state index in [1.165, 1.54) is 29.2 Å². The van der Waals surface area contributed by atoms with Crippen LogP contribution in [0.25, 0.3) is 28.5 Å². The lowest BCUT2D eigenvalue weighted by Crippen LogP contribution is -2.06. The Labute approximate surface area is 164 Å². The second kappa shape index (κ2) is 7.63. The SMILES string of the molecule is CCOc1cccc(-c2cnc(N)c(-c3nncn3-c3cccc(F)c3F)n2)c1.